The van der Waals surface area contributed by atoms with Crippen molar-refractivity contribution in [2.45, 2.75) is 33.2 Å². The summed E-state index contributed by atoms with van der Waals surface area (Å²) in [5.41, 5.74) is -0.185. The summed E-state index contributed by atoms with van der Waals surface area (Å²) >= 11 is 0. The first-order chi connectivity index (χ1) is 6.76. The second kappa shape index (κ2) is 5.95. The van der Waals surface area contributed by atoms with Gasteiger partial charge in [0.05, 0.1) is 6.61 Å². The fraction of sp³-hybridized carbons (Fsp3) is 0.909. The van der Waals surface area contributed by atoms with Crippen molar-refractivity contribution < 1.29 is 9.53 Å². The highest BCUT2D eigenvalue weighted by Gasteiger charge is 2.18. The molecule has 0 fully saturated rings. The maximum Gasteiger partial charge on any atom is 0.317 e. The highest BCUT2D eigenvalue weighted by atomic mass is 16.5. The molecule has 0 rings (SSSR count). The molecule has 0 aliphatic rings. The van der Waals surface area contributed by atoms with Crippen LogP contribution in [0, 0.1) is 5.92 Å². The molecule has 0 aliphatic carbocycles. The summed E-state index contributed by atoms with van der Waals surface area (Å²) in [6.45, 7) is 9.35. The van der Waals surface area contributed by atoms with E-state index < -0.39 is 0 Å². The van der Waals surface area contributed by atoms with Crippen molar-refractivity contribution in [3.63, 3.8) is 0 Å². The molecule has 1 N–H and O–H groups in total. The Morgan fingerprint density at radius 1 is 1.47 bits per heavy atom. The number of hydrogen-bond acceptors (Lipinski definition) is 2. The summed E-state index contributed by atoms with van der Waals surface area (Å²) in [6, 6.07) is -0.0366. The minimum atomic E-state index is -0.185. The lowest BCUT2D eigenvalue weighted by Crippen LogP contribution is -2.48. The topological polar surface area (TPSA) is 41.6 Å². The van der Waals surface area contributed by atoms with Gasteiger partial charge in [-0.3, -0.25) is 0 Å². The number of carbonyl (C=O) groups excluding carboxylic acids is 1. The number of urea groups is 1. The lowest BCUT2D eigenvalue weighted by molar-refractivity contribution is 0.137. The van der Waals surface area contributed by atoms with Gasteiger partial charge in [0.2, 0.25) is 0 Å². The van der Waals surface area contributed by atoms with Crippen molar-refractivity contribution in [1.82, 2.24) is 10.2 Å². The Bertz CT molecular complexity index is 199. The molecule has 4 heteroatoms. The molecule has 0 aliphatic heterocycles. The quantitative estimate of drug-likeness (QED) is 0.777. The minimum Gasteiger partial charge on any atom is -0.384 e. The van der Waals surface area contributed by atoms with Crippen LogP contribution in [0.25, 0.3) is 0 Å². The molecule has 1 atom stereocenters. The zero-order valence-electron chi connectivity index (χ0n) is 10.8. The van der Waals surface area contributed by atoms with Gasteiger partial charge in [-0.25, -0.2) is 4.79 Å². The minimum absolute atomic E-state index is 0.0366. The van der Waals surface area contributed by atoms with Gasteiger partial charge in [0, 0.05) is 26.2 Å². The van der Waals surface area contributed by atoms with Gasteiger partial charge in [-0.2, -0.15) is 0 Å². The van der Waals surface area contributed by atoms with Gasteiger partial charge >= 0.3 is 6.03 Å². The molecule has 0 unspecified atom stereocenters. The van der Waals surface area contributed by atoms with Crippen molar-refractivity contribution in [3.8, 4) is 0 Å². The molecule has 0 aromatic rings. The van der Waals surface area contributed by atoms with Crippen LogP contribution in [0.5, 0.6) is 0 Å². The van der Waals surface area contributed by atoms with Gasteiger partial charge in [0.15, 0.2) is 0 Å². The monoisotopic (exact) mass is 216 g/mol. The van der Waals surface area contributed by atoms with Crippen LogP contribution < -0.4 is 5.32 Å². The first kappa shape index (κ1) is 14.2. The van der Waals surface area contributed by atoms with E-state index in [1.54, 1.807) is 19.1 Å². The summed E-state index contributed by atoms with van der Waals surface area (Å²) in [5, 5.41) is 2.91. The Labute approximate surface area is 93.0 Å². The van der Waals surface area contributed by atoms with Crippen molar-refractivity contribution in [2.24, 2.45) is 5.92 Å². The molecular formula is C11H24N2O2. The Balaban J connectivity index is 3.99. The first-order valence-corrected chi connectivity index (χ1v) is 5.28. The maximum atomic E-state index is 11.7. The van der Waals surface area contributed by atoms with E-state index in [0.717, 1.165) is 0 Å². The van der Waals surface area contributed by atoms with E-state index in [4.69, 9.17) is 4.74 Å². The average Bonchev–Trinajstić information content (AvgIpc) is 2.00. The lowest BCUT2D eigenvalue weighted by atomic mass is 10.1. The maximum absolute atomic E-state index is 11.7. The predicted octanol–water partition coefficient (Wildman–Crippen LogP) is 1.71. The molecule has 90 valence electrons. The van der Waals surface area contributed by atoms with E-state index in [1.165, 1.54) is 0 Å². The summed E-state index contributed by atoms with van der Waals surface area (Å²) in [4.78, 5) is 13.4. The molecule has 0 saturated heterocycles. The Morgan fingerprint density at radius 3 is 2.40 bits per heavy atom. The highest BCUT2D eigenvalue weighted by molar-refractivity contribution is 5.74. The largest absolute Gasteiger partial charge is 0.384 e. The molecular weight excluding hydrogens is 192 g/mol. The number of nitrogens with zero attached hydrogens (tertiary/aromatic N) is 1. The smallest absolute Gasteiger partial charge is 0.317 e. The number of ether oxygens (including phenoxy) is 1. The number of carbonyl (C=O) groups is 1. The molecule has 15 heavy (non-hydrogen) atoms. The summed E-state index contributed by atoms with van der Waals surface area (Å²) in [6.07, 6.45) is 0. The molecule has 0 aromatic carbocycles. The fourth-order valence-electron chi connectivity index (χ4n) is 1.30. The van der Waals surface area contributed by atoms with Crippen LogP contribution in [-0.2, 0) is 4.74 Å². The SMILES string of the molecule is COC[C@@H](C)CN(C)C(=O)NC(C)(C)C. The van der Waals surface area contributed by atoms with Crippen LogP contribution in [0.4, 0.5) is 4.79 Å². The van der Waals surface area contributed by atoms with E-state index in [1.807, 2.05) is 20.8 Å². The number of methoxy groups -OCH3 is 1. The molecule has 0 spiro atoms. The van der Waals surface area contributed by atoms with Gasteiger partial charge in [-0.15, -0.1) is 0 Å². The lowest BCUT2D eigenvalue weighted by Gasteiger charge is -2.27. The molecule has 0 aromatic heterocycles. The van der Waals surface area contributed by atoms with E-state index in [9.17, 15) is 4.79 Å². The van der Waals surface area contributed by atoms with Crippen LogP contribution in [0.1, 0.15) is 27.7 Å². The molecule has 4 nitrogen and oxygen atoms in total. The predicted molar refractivity (Wildman–Crippen MR) is 62.0 cm³/mol. The Morgan fingerprint density at radius 2 is 2.00 bits per heavy atom. The van der Waals surface area contributed by atoms with Crippen LogP contribution in [-0.4, -0.2) is 43.8 Å². The van der Waals surface area contributed by atoms with Gasteiger partial charge in [0.25, 0.3) is 0 Å². The van der Waals surface area contributed by atoms with E-state index >= 15 is 0 Å². The third-order valence-electron chi connectivity index (χ3n) is 1.87. The third-order valence-corrected chi connectivity index (χ3v) is 1.87. The van der Waals surface area contributed by atoms with Gasteiger partial charge in [-0.05, 0) is 26.7 Å². The van der Waals surface area contributed by atoms with Crippen molar-refractivity contribution in [1.29, 1.82) is 0 Å². The van der Waals surface area contributed by atoms with E-state index in [-0.39, 0.29) is 11.6 Å². The van der Waals surface area contributed by atoms with Gasteiger partial charge < -0.3 is 15.0 Å². The van der Waals surface area contributed by atoms with E-state index in [0.29, 0.717) is 19.1 Å². The molecule has 0 bridgehead atoms. The average molecular weight is 216 g/mol. The molecule has 0 heterocycles. The van der Waals surface area contributed by atoms with E-state index in [2.05, 4.69) is 12.2 Å². The molecule has 0 radical (unpaired) electrons. The number of amides is 2. The summed E-state index contributed by atoms with van der Waals surface area (Å²) < 4.78 is 5.03. The van der Waals surface area contributed by atoms with Gasteiger partial charge in [-0.1, -0.05) is 6.92 Å². The fourth-order valence-corrected chi connectivity index (χ4v) is 1.30. The summed E-state index contributed by atoms with van der Waals surface area (Å²) in [5.74, 6) is 0.353. The summed E-state index contributed by atoms with van der Waals surface area (Å²) in [7, 11) is 3.47. The van der Waals surface area contributed by atoms with Crippen molar-refractivity contribution in [2.75, 3.05) is 27.3 Å². The van der Waals surface area contributed by atoms with Crippen molar-refractivity contribution in [3.05, 3.63) is 0 Å². The third kappa shape index (κ3) is 7.19. The standard InChI is InChI=1S/C11H24N2O2/c1-9(8-15-6)7-13(5)10(14)12-11(2,3)4/h9H,7-8H2,1-6H3,(H,12,14)/t9-/m0/s1. The normalized spacial score (nSPS) is 13.5. The number of rotatable bonds is 4. The van der Waals surface area contributed by atoms with Crippen LogP contribution in [0.2, 0.25) is 0 Å². The Kier molecular flexibility index (Phi) is 5.65. The van der Waals surface area contributed by atoms with Crippen LogP contribution in [0.3, 0.4) is 0 Å². The van der Waals surface area contributed by atoms with Gasteiger partial charge in [0.1, 0.15) is 0 Å². The Hall–Kier alpha value is -0.770. The molecule has 0 saturated carbocycles. The molecule has 2 amide bonds. The number of hydrogen-bond donors (Lipinski definition) is 1. The highest BCUT2D eigenvalue weighted by Crippen LogP contribution is 2.03. The second-order valence-electron chi connectivity index (χ2n) is 5.12. The second-order valence-corrected chi connectivity index (χ2v) is 5.12. The first-order valence-electron chi connectivity index (χ1n) is 5.28. The van der Waals surface area contributed by atoms with Crippen LogP contribution >= 0.6 is 0 Å². The zero-order valence-corrected chi connectivity index (χ0v) is 10.8. The van der Waals surface area contributed by atoms with Crippen LogP contribution in [0.15, 0.2) is 0 Å². The van der Waals surface area contributed by atoms with Crippen molar-refractivity contribution >= 4 is 6.03 Å². The number of nitrogens with one attached hydrogen (secondary N) is 1. The zero-order chi connectivity index (χ0) is 12.1.